The molecule has 2 amide bonds. The Bertz CT molecular complexity index is 888. The van der Waals surface area contributed by atoms with Gasteiger partial charge in [0.15, 0.2) is 0 Å². The van der Waals surface area contributed by atoms with E-state index in [4.69, 9.17) is 16.9 Å². The van der Waals surface area contributed by atoms with Crippen molar-refractivity contribution in [1.82, 2.24) is 0 Å². The minimum atomic E-state index is -0.349. The molecule has 0 aromatic heterocycles. The van der Waals surface area contributed by atoms with Crippen LogP contribution in [0.1, 0.15) is 17.5 Å². The number of carbonyl (C=O) groups excluding carboxylic acids is 2. The first-order chi connectivity index (χ1) is 12.0. The smallest absolute Gasteiger partial charge is 0.228 e. The lowest BCUT2D eigenvalue weighted by Crippen LogP contribution is -2.20. The van der Waals surface area contributed by atoms with Gasteiger partial charge in [-0.3, -0.25) is 9.59 Å². The van der Waals surface area contributed by atoms with Gasteiger partial charge in [-0.2, -0.15) is 5.26 Å². The standard InChI is InChI=1S/C19H16ClN3O2/c1-11-7-13(20)5-6-17(11)23-19(25)16-9-15(16)18(24)22-14-4-2-3-12(8-14)10-21/h2-8,15-16H,9H2,1H3,(H,22,24)(H,23,25). The number of nitriles is 1. The van der Waals surface area contributed by atoms with Gasteiger partial charge in [-0.25, -0.2) is 0 Å². The fourth-order valence-electron chi connectivity index (χ4n) is 2.67. The number of hydrogen-bond donors (Lipinski definition) is 2. The predicted octanol–water partition coefficient (Wildman–Crippen LogP) is 3.73. The average Bonchev–Trinajstić information content (AvgIpc) is 3.38. The Hall–Kier alpha value is -2.84. The van der Waals surface area contributed by atoms with E-state index in [0.717, 1.165) is 5.56 Å². The molecule has 2 aromatic rings. The summed E-state index contributed by atoms with van der Waals surface area (Å²) in [6, 6.07) is 13.9. The third-order valence-corrected chi connectivity index (χ3v) is 4.40. The summed E-state index contributed by atoms with van der Waals surface area (Å²) in [4.78, 5) is 24.6. The summed E-state index contributed by atoms with van der Waals surface area (Å²) in [5.74, 6) is -1.06. The summed E-state index contributed by atoms with van der Waals surface area (Å²) in [5.41, 5.74) is 2.60. The Labute approximate surface area is 150 Å². The molecule has 1 aliphatic carbocycles. The zero-order chi connectivity index (χ0) is 18.0. The highest BCUT2D eigenvalue weighted by Gasteiger charge is 2.48. The van der Waals surface area contributed by atoms with E-state index in [1.807, 2.05) is 13.0 Å². The van der Waals surface area contributed by atoms with Crippen LogP contribution in [0.5, 0.6) is 0 Å². The normalized spacial score (nSPS) is 18.1. The Balaban J connectivity index is 1.59. The van der Waals surface area contributed by atoms with Crippen LogP contribution in [0.2, 0.25) is 5.02 Å². The summed E-state index contributed by atoms with van der Waals surface area (Å²) >= 11 is 5.91. The lowest BCUT2D eigenvalue weighted by molar-refractivity contribution is -0.122. The molecule has 2 unspecified atom stereocenters. The number of amides is 2. The van der Waals surface area contributed by atoms with E-state index in [2.05, 4.69) is 10.6 Å². The van der Waals surface area contributed by atoms with Crippen molar-refractivity contribution in [3.05, 3.63) is 58.6 Å². The quantitative estimate of drug-likeness (QED) is 0.878. The van der Waals surface area contributed by atoms with Gasteiger partial charge in [-0.05, 0) is 55.3 Å². The molecular weight excluding hydrogens is 338 g/mol. The van der Waals surface area contributed by atoms with Crippen molar-refractivity contribution in [2.24, 2.45) is 11.8 Å². The highest BCUT2D eigenvalue weighted by Crippen LogP contribution is 2.40. The molecule has 1 saturated carbocycles. The third kappa shape index (κ3) is 3.98. The number of carbonyl (C=O) groups is 2. The lowest BCUT2D eigenvalue weighted by Gasteiger charge is -2.09. The van der Waals surface area contributed by atoms with Crippen molar-refractivity contribution in [3.63, 3.8) is 0 Å². The molecule has 126 valence electrons. The van der Waals surface area contributed by atoms with E-state index in [9.17, 15) is 9.59 Å². The van der Waals surface area contributed by atoms with Crippen LogP contribution >= 0.6 is 11.6 Å². The van der Waals surface area contributed by atoms with E-state index in [1.165, 1.54) is 0 Å². The van der Waals surface area contributed by atoms with E-state index >= 15 is 0 Å². The van der Waals surface area contributed by atoms with Crippen LogP contribution in [-0.4, -0.2) is 11.8 Å². The Morgan fingerprint density at radius 1 is 1.12 bits per heavy atom. The summed E-state index contributed by atoms with van der Waals surface area (Å²) in [7, 11) is 0. The van der Waals surface area contributed by atoms with Crippen LogP contribution < -0.4 is 10.6 Å². The van der Waals surface area contributed by atoms with Crippen LogP contribution in [0.15, 0.2) is 42.5 Å². The van der Waals surface area contributed by atoms with Crippen LogP contribution in [0, 0.1) is 30.1 Å². The molecule has 0 saturated heterocycles. The number of aryl methyl sites for hydroxylation is 1. The van der Waals surface area contributed by atoms with Gasteiger partial charge in [0.1, 0.15) is 0 Å². The third-order valence-electron chi connectivity index (χ3n) is 4.17. The Kier molecular flexibility index (Phi) is 4.73. The molecule has 5 nitrogen and oxygen atoms in total. The molecule has 2 aromatic carbocycles. The minimum Gasteiger partial charge on any atom is -0.326 e. The molecule has 0 spiro atoms. The number of anilines is 2. The molecule has 1 aliphatic rings. The molecule has 6 heteroatoms. The molecule has 0 aliphatic heterocycles. The summed E-state index contributed by atoms with van der Waals surface area (Å²) < 4.78 is 0. The van der Waals surface area contributed by atoms with Gasteiger partial charge >= 0.3 is 0 Å². The summed E-state index contributed by atoms with van der Waals surface area (Å²) in [5, 5.41) is 15.1. The van der Waals surface area contributed by atoms with Crippen LogP contribution in [0.4, 0.5) is 11.4 Å². The van der Waals surface area contributed by atoms with Crippen molar-refractivity contribution >= 4 is 34.8 Å². The van der Waals surface area contributed by atoms with E-state index in [-0.39, 0.29) is 23.7 Å². The van der Waals surface area contributed by atoms with Crippen molar-refractivity contribution in [2.75, 3.05) is 10.6 Å². The number of nitrogens with zero attached hydrogens (tertiary/aromatic N) is 1. The van der Waals surface area contributed by atoms with Crippen LogP contribution in [0.25, 0.3) is 0 Å². The first-order valence-corrected chi connectivity index (χ1v) is 8.24. The van der Waals surface area contributed by atoms with Crippen molar-refractivity contribution in [3.8, 4) is 6.07 Å². The molecule has 0 heterocycles. The van der Waals surface area contributed by atoms with E-state index < -0.39 is 0 Å². The number of rotatable bonds is 4. The molecule has 0 radical (unpaired) electrons. The Morgan fingerprint density at radius 2 is 1.84 bits per heavy atom. The zero-order valence-electron chi connectivity index (χ0n) is 13.5. The second-order valence-corrected chi connectivity index (χ2v) is 6.52. The predicted molar refractivity (Wildman–Crippen MR) is 96.2 cm³/mol. The van der Waals surface area contributed by atoms with Crippen LogP contribution in [-0.2, 0) is 9.59 Å². The van der Waals surface area contributed by atoms with Crippen molar-refractivity contribution in [1.29, 1.82) is 5.26 Å². The van der Waals surface area contributed by atoms with Gasteiger partial charge in [0, 0.05) is 16.4 Å². The number of hydrogen-bond acceptors (Lipinski definition) is 3. The molecule has 2 N–H and O–H groups in total. The van der Waals surface area contributed by atoms with E-state index in [0.29, 0.717) is 28.4 Å². The number of nitrogens with one attached hydrogen (secondary N) is 2. The maximum Gasteiger partial charge on any atom is 0.228 e. The molecule has 2 atom stereocenters. The van der Waals surface area contributed by atoms with Gasteiger partial charge in [0.05, 0.1) is 23.5 Å². The van der Waals surface area contributed by atoms with Crippen molar-refractivity contribution in [2.45, 2.75) is 13.3 Å². The average molecular weight is 354 g/mol. The maximum absolute atomic E-state index is 12.3. The van der Waals surface area contributed by atoms with Gasteiger partial charge in [-0.1, -0.05) is 17.7 Å². The number of halogens is 1. The number of benzene rings is 2. The second-order valence-electron chi connectivity index (χ2n) is 6.08. The SMILES string of the molecule is Cc1cc(Cl)ccc1NC(=O)C1CC1C(=O)Nc1cccc(C#N)c1. The van der Waals surface area contributed by atoms with Gasteiger partial charge in [0.25, 0.3) is 0 Å². The Morgan fingerprint density at radius 3 is 2.52 bits per heavy atom. The van der Waals surface area contributed by atoms with Gasteiger partial charge in [-0.15, -0.1) is 0 Å². The highest BCUT2D eigenvalue weighted by atomic mass is 35.5. The minimum absolute atomic E-state index is 0.170. The topological polar surface area (TPSA) is 82.0 Å². The van der Waals surface area contributed by atoms with Crippen LogP contribution in [0.3, 0.4) is 0 Å². The highest BCUT2D eigenvalue weighted by molar-refractivity contribution is 6.30. The fraction of sp³-hybridized carbons (Fsp3) is 0.211. The summed E-state index contributed by atoms with van der Waals surface area (Å²) in [6.07, 6.45) is 0.516. The molecular formula is C19H16ClN3O2. The monoisotopic (exact) mass is 353 g/mol. The largest absolute Gasteiger partial charge is 0.326 e. The fourth-order valence-corrected chi connectivity index (χ4v) is 2.90. The summed E-state index contributed by atoms with van der Waals surface area (Å²) in [6.45, 7) is 1.86. The molecule has 3 rings (SSSR count). The first kappa shape index (κ1) is 17.0. The lowest BCUT2D eigenvalue weighted by atomic mass is 10.2. The first-order valence-electron chi connectivity index (χ1n) is 7.86. The maximum atomic E-state index is 12.3. The van der Waals surface area contributed by atoms with Crippen molar-refractivity contribution < 1.29 is 9.59 Å². The molecule has 0 bridgehead atoms. The van der Waals surface area contributed by atoms with Gasteiger partial charge in [0.2, 0.25) is 11.8 Å². The molecule has 1 fully saturated rings. The zero-order valence-corrected chi connectivity index (χ0v) is 14.3. The second kappa shape index (κ2) is 6.96. The van der Waals surface area contributed by atoms with E-state index in [1.54, 1.807) is 42.5 Å². The van der Waals surface area contributed by atoms with Gasteiger partial charge < -0.3 is 10.6 Å². The molecule has 25 heavy (non-hydrogen) atoms.